The molecule has 2 heterocycles. The summed E-state index contributed by atoms with van der Waals surface area (Å²) in [6.45, 7) is 6.26. The molecule has 6 nitrogen and oxygen atoms in total. The monoisotopic (exact) mass is 349 g/mol. The largest absolute Gasteiger partial charge is 0.379 e. The summed E-state index contributed by atoms with van der Waals surface area (Å²) in [5.41, 5.74) is 0.853. The molecule has 0 spiro atoms. The second kappa shape index (κ2) is 7.13. The zero-order valence-corrected chi connectivity index (χ0v) is 14.9. The Morgan fingerprint density at radius 3 is 2.79 bits per heavy atom. The normalized spacial score (nSPS) is 24.6. The highest BCUT2D eigenvalue weighted by Gasteiger charge is 2.48. The molecule has 1 N–H and O–H groups in total. The highest BCUT2D eigenvalue weighted by molar-refractivity contribution is 8.02. The molecule has 3 rings (SSSR count). The van der Waals surface area contributed by atoms with Crippen LogP contribution in [0.5, 0.6) is 0 Å². The van der Waals surface area contributed by atoms with Crippen LogP contribution < -0.4 is 10.2 Å². The van der Waals surface area contributed by atoms with Crippen molar-refractivity contribution in [3.05, 3.63) is 24.3 Å². The summed E-state index contributed by atoms with van der Waals surface area (Å²) in [5, 5.41) is 2.93. The number of anilines is 1. The average molecular weight is 349 g/mol. The third-order valence-corrected chi connectivity index (χ3v) is 5.84. The maximum absolute atomic E-state index is 12.7. The number of benzene rings is 1. The lowest BCUT2D eigenvalue weighted by atomic mass is 10.1. The van der Waals surface area contributed by atoms with Crippen LogP contribution in [0, 0.1) is 0 Å². The van der Waals surface area contributed by atoms with Gasteiger partial charge in [-0.05, 0) is 19.1 Å². The number of carbonyl (C=O) groups excluding carboxylic acids is 2. The van der Waals surface area contributed by atoms with Crippen LogP contribution in [-0.2, 0) is 14.3 Å². The maximum Gasteiger partial charge on any atom is 0.252 e. The number of nitrogens with one attached hydrogen (secondary N) is 1. The molecule has 2 aliphatic heterocycles. The van der Waals surface area contributed by atoms with E-state index in [4.69, 9.17) is 4.74 Å². The molecule has 0 aromatic heterocycles. The molecule has 1 aromatic carbocycles. The first kappa shape index (κ1) is 17.3. The van der Waals surface area contributed by atoms with Crippen molar-refractivity contribution in [1.82, 2.24) is 10.2 Å². The van der Waals surface area contributed by atoms with Crippen LogP contribution in [0.25, 0.3) is 0 Å². The first-order valence-electron chi connectivity index (χ1n) is 8.17. The topological polar surface area (TPSA) is 61.9 Å². The van der Waals surface area contributed by atoms with Gasteiger partial charge in [0.1, 0.15) is 0 Å². The zero-order valence-electron chi connectivity index (χ0n) is 14.1. The van der Waals surface area contributed by atoms with Crippen LogP contribution in [0.4, 0.5) is 5.69 Å². The van der Waals surface area contributed by atoms with Crippen LogP contribution in [0.3, 0.4) is 0 Å². The summed E-state index contributed by atoms with van der Waals surface area (Å²) >= 11 is 1.33. The summed E-state index contributed by atoms with van der Waals surface area (Å²) < 4.78 is 4.18. The fourth-order valence-corrected chi connectivity index (χ4v) is 4.26. The first-order chi connectivity index (χ1) is 11.5. The van der Waals surface area contributed by atoms with Gasteiger partial charge in [0.2, 0.25) is 5.91 Å². The highest BCUT2D eigenvalue weighted by Crippen LogP contribution is 2.44. The van der Waals surface area contributed by atoms with Gasteiger partial charge in [-0.3, -0.25) is 14.5 Å². The molecule has 0 radical (unpaired) electrons. The maximum atomic E-state index is 12.7. The number of para-hydroxylation sites is 1. The van der Waals surface area contributed by atoms with Crippen molar-refractivity contribution in [3.8, 4) is 0 Å². The van der Waals surface area contributed by atoms with Crippen molar-refractivity contribution >= 4 is 29.3 Å². The summed E-state index contributed by atoms with van der Waals surface area (Å²) in [6.07, 6.45) is 0. The fraction of sp³-hybridized carbons (Fsp3) is 0.529. The summed E-state index contributed by atoms with van der Waals surface area (Å²) in [6, 6.07) is 7.67. The quantitative estimate of drug-likeness (QED) is 0.821. The van der Waals surface area contributed by atoms with Crippen molar-refractivity contribution in [2.75, 3.05) is 51.3 Å². The van der Waals surface area contributed by atoms with Gasteiger partial charge < -0.3 is 15.0 Å². The van der Waals surface area contributed by atoms with Crippen LogP contribution in [0.1, 0.15) is 6.92 Å². The third-order valence-electron chi connectivity index (χ3n) is 4.50. The number of carbonyl (C=O) groups is 2. The minimum Gasteiger partial charge on any atom is -0.379 e. The smallest absolute Gasteiger partial charge is 0.252 e. The highest BCUT2D eigenvalue weighted by atomic mass is 32.2. The molecule has 2 amide bonds. The number of nitrogens with zero attached hydrogens (tertiary/aromatic N) is 2. The molecule has 130 valence electrons. The van der Waals surface area contributed by atoms with Crippen molar-refractivity contribution in [2.45, 2.75) is 16.6 Å². The molecule has 7 heteroatoms. The number of hydrogen-bond donors (Lipinski definition) is 1. The lowest BCUT2D eigenvalue weighted by Gasteiger charge is -2.37. The molecule has 1 atom stereocenters. The molecule has 1 fully saturated rings. The number of morpholine rings is 1. The van der Waals surface area contributed by atoms with Gasteiger partial charge in [-0.25, -0.2) is 0 Å². The van der Waals surface area contributed by atoms with E-state index in [-0.39, 0.29) is 11.8 Å². The minimum absolute atomic E-state index is 0.185. The summed E-state index contributed by atoms with van der Waals surface area (Å²) in [5.74, 6) is -0.415. The predicted octanol–water partition coefficient (Wildman–Crippen LogP) is 0.962. The van der Waals surface area contributed by atoms with Crippen LogP contribution in [0.2, 0.25) is 0 Å². The molecule has 1 unspecified atom stereocenters. The van der Waals surface area contributed by atoms with Gasteiger partial charge in [0, 0.05) is 38.1 Å². The lowest BCUT2D eigenvalue weighted by Crippen LogP contribution is -2.56. The van der Waals surface area contributed by atoms with Crippen molar-refractivity contribution in [3.63, 3.8) is 0 Å². The lowest BCUT2D eigenvalue weighted by molar-refractivity contribution is -0.131. The third kappa shape index (κ3) is 3.29. The Morgan fingerprint density at radius 2 is 2.04 bits per heavy atom. The van der Waals surface area contributed by atoms with E-state index in [0.29, 0.717) is 6.54 Å². The number of ether oxygens (including phenoxy) is 1. The SMILES string of the molecule is CN1C(=O)C(C)(C(=O)NCCN2CCOCC2)Sc2ccccc21. The van der Waals surface area contributed by atoms with Crippen molar-refractivity contribution in [1.29, 1.82) is 0 Å². The van der Waals surface area contributed by atoms with E-state index >= 15 is 0 Å². The number of fused-ring (bicyclic) bond motifs is 1. The van der Waals surface area contributed by atoms with Crippen LogP contribution in [0.15, 0.2) is 29.2 Å². The molecule has 1 saturated heterocycles. The van der Waals surface area contributed by atoms with E-state index in [2.05, 4.69) is 10.2 Å². The van der Waals surface area contributed by atoms with Gasteiger partial charge >= 0.3 is 0 Å². The van der Waals surface area contributed by atoms with E-state index in [9.17, 15) is 9.59 Å². The molecule has 24 heavy (non-hydrogen) atoms. The average Bonchev–Trinajstić information content (AvgIpc) is 2.60. The first-order valence-corrected chi connectivity index (χ1v) is 8.98. The number of hydrogen-bond acceptors (Lipinski definition) is 5. The molecular formula is C17H23N3O3S. The Labute approximate surface area is 146 Å². The Morgan fingerprint density at radius 1 is 1.33 bits per heavy atom. The van der Waals surface area contributed by atoms with Gasteiger partial charge in [0.15, 0.2) is 4.75 Å². The second-order valence-electron chi connectivity index (χ2n) is 6.18. The van der Waals surface area contributed by atoms with Crippen molar-refractivity contribution in [2.24, 2.45) is 0 Å². The van der Waals surface area contributed by atoms with Crippen molar-refractivity contribution < 1.29 is 14.3 Å². The number of rotatable bonds is 4. The summed E-state index contributed by atoms with van der Waals surface area (Å²) in [7, 11) is 1.72. The number of thioether (sulfide) groups is 1. The molecule has 0 aliphatic carbocycles. The molecule has 0 saturated carbocycles. The second-order valence-corrected chi connectivity index (χ2v) is 7.64. The van der Waals surface area contributed by atoms with Gasteiger partial charge in [0.05, 0.1) is 18.9 Å². The number of amides is 2. The molecular weight excluding hydrogens is 326 g/mol. The standard InChI is InChI=1S/C17H23N3O3S/c1-17(15(21)18-7-8-20-9-11-23-12-10-20)16(22)19(2)13-5-3-4-6-14(13)24-17/h3-6H,7-12H2,1-2H3,(H,18,21). The van der Waals surface area contributed by atoms with E-state index in [0.717, 1.165) is 43.4 Å². The van der Waals surface area contributed by atoms with E-state index in [1.54, 1.807) is 18.9 Å². The van der Waals surface area contributed by atoms with Gasteiger partial charge in [0.25, 0.3) is 5.91 Å². The molecule has 0 bridgehead atoms. The van der Waals surface area contributed by atoms with Crippen LogP contribution in [-0.4, -0.2) is 67.9 Å². The summed E-state index contributed by atoms with van der Waals surface area (Å²) in [4.78, 5) is 30.2. The predicted molar refractivity (Wildman–Crippen MR) is 94.4 cm³/mol. The van der Waals surface area contributed by atoms with Gasteiger partial charge in [-0.15, -0.1) is 0 Å². The van der Waals surface area contributed by atoms with Gasteiger partial charge in [-0.1, -0.05) is 23.9 Å². The zero-order chi connectivity index (χ0) is 17.2. The molecule has 2 aliphatic rings. The Kier molecular flexibility index (Phi) is 5.12. The van der Waals surface area contributed by atoms with Gasteiger partial charge in [-0.2, -0.15) is 0 Å². The van der Waals surface area contributed by atoms with E-state index in [1.807, 2.05) is 24.3 Å². The fourth-order valence-electron chi connectivity index (χ4n) is 2.98. The van der Waals surface area contributed by atoms with Crippen LogP contribution >= 0.6 is 11.8 Å². The Hall–Kier alpha value is -1.57. The minimum atomic E-state index is -1.13. The van der Waals surface area contributed by atoms with E-state index in [1.165, 1.54) is 11.8 Å². The Bertz CT molecular complexity index is 633. The Balaban J connectivity index is 1.64. The molecule has 1 aromatic rings. The van der Waals surface area contributed by atoms with E-state index < -0.39 is 4.75 Å².